The molecule has 0 aliphatic heterocycles. The van der Waals surface area contributed by atoms with Gasteiger partial charge in [0.1, 0.15) is 6.04 Å². The molecule has 6 nitrogen and oxygen atoms in total. The van der Waals surface area contributed by atoms with Gasteiger partial charge in [0.15, 0.2) is 0 Å². The lowest BCUT2D eigenvalue weighted by atomic mass is 10.0. The molecular formula is C12H16N2O4. The molecule has 0 heterocycles. The molecule has 0 aromatic heterocycles. The van der Waals surface area contributed by atoms with Gasteiger partial charge in [-0.25, -0.2) is 0 Å². The standard InChI is InChI=1S/C12H16N2O4/c1-3-18-12(15)10(13-2)8-9-6-4-5-7-11(9)14(16)17/h4-7,10,13H,3,8H2,1-2H3. The molecule has 6 heteroatoms. The fraction of sp³-hybridized carbons (Fsp3) is 0.417. The molecule has 1 atom stereocenters. The van der Waals surface area contributed by atoms with Crippen molar-refractivity contribution in [2.45, 2.75) is 19.4 Å². The molecule has 0 amide bonds. The van der Waals surface area contributed by atoms with Crippen LogP contribution in [0.3, 0.4) is 0 Å². The van der Waals surface area contributed by atoms with E-state index in [2.05, 4.69) is 5.32 Å². The maximum atomic E-state index is 11.6. The summed E-state index contributed by atoms with van der Waals surface area (Å²) in [4.78, 5) is 22.0. The molecule has 98 valence electrons. The van der Waals surface area contributed by atoms with Crippen LogP contribution in [0.1, 0.15) is 12.5 Å². The first-order chi connectivity index (χ1) is 8.60. The van der Waals surface area contributed by atoms with Gasteiger partial charge >= 0.3 is 5.97 Å². The molecule has 0 saturated heterocycles. The first kappa shape index (κ1) is 14.1. The first-order valence-electron chi connectivity index (χ1n) is 5.66. The zero-order chi connectivity index (χ0) is 13.5. The average molecular weight is 252 g/mol. The summed E-state index contributed by atoms with van der Waals surface area (Å²) in [6, 6.07) is 5.79. The number of hydrogen-bond donors (Lipinski definition) is 1. The van der Waals surface area contributed by atoms with Gasteiger partial charge in [0.05, 0.1) is 11.5 Å². The number of nitrogens with zero attached hydrogens (tertiary/aromatic N) is 1. The monoisotopic (exact) mass is 252 g/mol. The molecule has 0 aliphatic carbocycles. The average Bonchev–Trinajstić information content (AvgIpc) is 2.36. The van der Waals surface area contributed by atoms with Crippen LogP contribution in [0.2, 0.25) is 0 Å². The molecule has 18 heavy (non-hydrogen) atoms. The van der Waals surface area contributed by atoms with Gasteiger partial charge in [0.2, 0.25) is 0 Å². The van der Waals surface area contributed by atoms with Crippen LogP contribution in [0.15, 0.2) is 24.3 Å². The van der Waals surface area contributed by atoms with E-state index in [0.29, 0.717) is 5.56 Å². The Bertz CT molecular complexity index is 434. The van der Waals surface area contributed by atoms with Crippen LogP contribution in [-0.4, -0.2) is 30.6 Å². The summed E-state index contributed by atoms with van der Waals surface area (Å²) in [5.41, 5.74) is 0.525. The van der Waals surface area contributed by atoms with Gasteiger partial charge in [0, 0.05) is 18.1 Å². The SMILES string of the molecule is CCOC(=O)C(Cc1ccccc1[N+](=O)[O-])NC. The Morgan fingerprint density at radius 2 is 2.17 bits per heavy atom. The van der Waals surface area contributed by atoms with Crippen LogP contribution >= 0.6 is 0 Å². The number of hydrogen-bond acceptors (Lipinski definition) is 5. The largest absolute Gasteiger partial charge is 0.465 e. The lowest BCUT2D eigenvalue weighted by Crippen LogP contribution is -2.37. The van der Waals surface area contributed by atoms with Crippen molar-refractivity contribution in [3.05, 3.63) is 39.9 Å². The van der Waals surface area contributed by atoms with E-state index in [9.17, 15) is 14.9 Å². The molecule has 0 bridgehead atoms. The fourth-order valence-electron chi connectivity index (χ4n) is 1.63. The number of nitrogens with one attached hydrogen (secondary N) is 1. The highest BCUT2D eigenvalue weighted by Gasteiger charge is 2.22. The van der Waals surface area contributed by atoms with Crippen LogP contribution in [-0.2, 0) is 16.0 Å². The third-order valence-electron chi connectivity index (χ3n) is 2.53. The summed E-state index contributed by atoms with van der Waals surface area (Å²) in [5, 5.41) is 13.7. The molecule has 0 radical (unpaired) electrons. The van der Waals surface area contributed by atoms with E-state index < -0.39 is 16.9 Å². The lowest BCUT2D eigenvalue weighted by Gasteiger charge is -2.14. The van der Waals surface area contributed by atoms with E-state index in [0.717, 1.165) is 0 Å². The van der Waals surface area contributed by atoms with E-state index in [1.165, 1.54) is 6.07 Å². The Morgan fingerprint density at radius 3 is 2.72 bits per heavy atom. The first-order valence-corrected chi connectivity index (χ1v) is 5.66. The molecule has 1 N–H and O–H groups in total. The highest BCUT2D eigenvalue weighted by Crippen LogP contribution is 2.19. The number of esters is 1. The quantitative estimate of drug-likeness (QED) is 0.468. The van der Waals surface area contributed by atoms with Gasteiger partial charge in [0.25, 0.3) is 5.69 Å². The van der Waals surface area contributed by atoms with E-state index in [-0.39, 0.29) is 18.7 Å². The summed E-state index contributed by atoms with van der Waals surface area (Å²) in [7, 11) is 1.62. The molecule has 0 spiro atoms. The molecule has 1 unspecified atom stereocenters. The van der Waals surface area contributed by atoms with Crippen molar-refractivity contribution in [1.29, 1.82) is 0 Å². The van der Waals surface area contributed by atoms with E-state index in [1.54, 1.807) is 32.2 Å². The van der Waals surface area contributed by atoms with Crippen LogP contribution in [0.5, 0.6) is 0 Å². The number of carbonyl (C=O) groups excluding carboxylic acids is 1. The predicted molar refractivity (Wildman–Crippen MR) is 66.3 cm³/mol. The van der Waals surface area contributed by atoms with Gasteiger partial charge in [-0.05, 0) is 14.0 Å². The fourth-order valence-corrected chi connectivity index (χ4v) is 1.63. The Kier molecular flexibility index (Phi) is 5.26. The second kappa shape index (κ2) is 6.70. The second-order valence-corrected chi connectivity index (χ2v) is 3.68. The highest BCUT2D eigenvalue weighted by molar-refractivity contribution is 5.76. The molecule has 0 saturated carbocycles. The van der Waals surface area contributed by atoms with Gasteiger partial charge in [-0.1, -0.05) is 18.2 Å². The summed E-state index contributed by atoms with van der Waals surface area (Å²) in [6.07, 6.45) is 0.229. The van der Waals surface area contributed by atoms with Gasteiger partial charge in [-0.15, -0.1) is 0 Å². The summed E-state index contributed by atoms with van der Waals surface area (Å²) >= 11 is 0. The number of para-hydroxylation sites is 1. The predicted octanol–water partition coefficient (Wildman–Crippen LogP) is 1.29. The number of benzene rings is 1. The summed E-state index contributed by atoms with van der Waals surface area (Å²) in [6.45, 7) is 2.00. The van der Waals surface area contributed by atoms with Crippen LogP contribution < -0.4 is 5.32 Å². The minimum Gasteiger partial charge on any atom is -0.465 e. The smallest absolute Gasteiger partial charge is 0.323 e. The van der Waals surface area contributed by atoms with E-state index in [1.807, 2.05) is 0 Å². The number of likely N-dealkylation sites (N-methyl/N-ethyl adjacent to an activating group) is 1. The summed E-state index contributed by atoms with van der Waals surface area (Å²) < 4.78 is 4.90. The Labute approximate surface area is 105 Å². The number of rotatable bonds is 6. The van der Waals surface area contributed by atoms with Crippen molar-refractivity contribution < 1.29 is 14.5 Å². The van der Waals surface area contributed by atoms with Crippen molar-refractivity contribution >= 4 is 11.7 Å². The molecule has 1 aromatic rings. The highest BCUT2D eigenvalue weighted by atomic mass is 16.6. The molecule has 1 rings (SSSR count). The van der Waals surface area contributed by atoms with Crippen molar-refractivity contribution in [2.75, 3.05) is 13.7 Å². The van der Waals surface area contributed by atoms with Crippen molar-refractivity contribution in [1.82, 2.24) is 5.32 Å². The number of ether oxygens (including phenoxy) is 1. The van der Waals surface area contributed by atoms with Crippen LogP contribution in [0.4, 0.5) is 5.69 Å². The van der Waals surface area contributed by atoms with Gasteiger partial charge in [-0.3, -0.25) is 14.9 Å². The van der Waals surface area contributed by atoms with Crippen molar-refractivity contribution in [2.24, 2.45) is 0 Å². The van der Waals surface area contributed by atoms with Gasteiger partial charge in [-0.2, -0.15) is 0 Å². The molecule has 1 aromatic carbocycles. The van der Waals surface area contributed by atoms with E-state index in [4.69, 9.17) is 4.74 Å². The Hall–Kier alpha value is -1.95. The van der Waals surface area contributed by atoms with Crippen LogP contribution in [0, 0.1) is 10.1 Å². The third-order valence-corrected chi connectivity index (χ3v) is 2.53. The Balaban J connectivity index is 2.88. The van der Waals surface area contributed by atoms with Crippen molar-refractivity contribution in [3.8, 4) is 0 Å². The molecular weight excluding hydrogens is 236 g/mol. The maximum Gasteiger partial charge on any atom is 0.323 e. The van der Waals surface area contributed by atoms with Crippen LogP contribution in [0.25, 0.3) is 0 Å². The Morgan fingerprint density at radius 1 is 1.50 bits per heavy atom. The van der Waals surface area contributed by atoms with E-state index >= 15 is 0 Å². The molecule has 0 fully saturated rings. The zero-order valence-electron chi connectivity index (χ0n) is 10.4. The summed E-state index contributed by atoms with van der Waals surface area (Å²) in [5.74, 6) is -0.404. The number of carbonyl (C=O) groups is 1. The second-order valence-electron chi connectivity index (χ2n) is 3.68. The topological polar surface area (TPSA) is 81.5 Å². The minimum absolute atomic E-state index is 0.0158. The minimum atomic E-state index is -0.578. The van der Waals surface area contributed by atoms with Crippen molar-refractivity contribution in [3.63, 3.8) is 0 Å². The third kappa shape index (κ3) is 3.53. The number of nitro groups is 1. The normalized spacial score (nSPS) is 11.9. The molecule has 0 aliphatic rings. The zero-order valence-corrected chi connectivity index (χ0v) is 10.4. The van der Waals surface area contributed by atoms with Gasteiger partial charge < -0.3 is 10.1 Å². The number of nitro benzene ring substituents is 1. The maximum absolute atomic E-state index is 11.6. The lowest BCUT2D eigenvalue weighted by molar-refractivity contribution is -0.385.